The number of alkyl halides is 1. The summed E-state index contributed by atoms with van der Waals surface area (Å²) < 4.78 is 12.8. The van der Waals surface area contributed by atoms with E-state index in [4.69, 9.17) is 11.6 Å². The highest BCUT2D eigenvalue weighted by molar-refractivity contribution is 6.20. The minimum absolute atomic E-state index is 0.377. The monoisotopic (exact) mass is 174 g/mol. The molecule has 60 valence electrons. The van der Waals surface area contributed by atoms with Gasteiger partial charge in [0.15, 0.2) is 0 Å². The Bertz CT molecular complexity index is 261. The number of halogens is 2. The molecule has 1 aromatic heterocycles. The Labute approximate surface area is 68.9 Å². The van der Waals surface area contributed by atoms with Crippen molar-refractivity contribution >= 4 is 11.6 Å². The number of nitrogens with one attached hydrogen (secondary N) is 1. The third-order valence-corrected chi connectivity index (χ3v) is 2.39. The largest absolute Gasteiger partial charge is 0.365 e. The fraction of sp³-hybridized carbons (Fsp3) is 0.429. The average molecular weight is 175 g/mol. The Morgan fingerprint density at radius 2 is 2.55 bits per heavy atom. The van der Waals surface area contributed by atoms with Gasteiger partial charge in [-0.15, -0.1) is 9.60 Å². The normalized spacial score (nSPS) is 25.1. The van der Waals surface area contributed by atoms with Crippen molar-refractivity contribution < 1.29 is 4.48 Å². The molecule has 0 saturated heterocycles. The maximum Gasteiger partial charge on any atom is 0.141 e. The average Bonchev–Trinajstić information content (AvgIpc) is 2.45. The second-order valence-corrected chi connectivity index (χ2v) is 3.03. The SMILES string of the molecule is FN1CCc2[nH]ccc2C1Cl. The molecule has 0 radical (unpaired) electrons. The van der Waals surface area contributed by atoms with Crippen LogP contribution in [0.4, 0.5) is 4.48 Å². The van der Waals surface area contributed by atoms with Crippen molar-refractivity contribution in [2.24, 2.45) is 0 Å². The molecular formula is C7H8ClFN2. The summed E-state index contributed by atoms with van der Waals surface area (Å²) in [4.78, 5) is 3.03. The van der Waals surface area contributed by atoms with Gasteiger partial charge >= 0.3 is 0 Å². The van der Waals surface area contributed by atoms with Crippen LogP contribution in [0.15, 0.2) is 12.3 Å². The smallest absolute Gasteiger partial charge is 0.141 e. The van der Waals surface area contributed by atoms with Gasteiger partial charge in [0.1, 0.15) is 5.50 Å². The van der Waals surface area contributed by atoms with E-state index >= 15 is 0 Å². The molecule has 0 fully saturated rings. The van der Waals surface area contributed by atoms with Crippen molar-refractivity contribution in [3.05, 3.63) is 23.5 Å². The second-order valence-electron chi connectivity index (χ2n) is 2.62. The van der Waals surface area contributed by atoms with Crippen molar-refractivity contribution in [2.75, 3.05) is 6.54 Å². The minimum Gasteiger partial charge on any atom is -0.365 e. The van der Waals surface area contributed by atoms with Crippen LogP contribution in [0.2, 0.25) is 0 Å². The maximum absolute atomic E-state index is 12.8. The summed E-state index contributed by atoms with van der Waals surface area (Å²) in [6.45, 7) is 0.377. The lowest BCUT2D eigenvalue weighted by Gasteiger charge is -2.23. The van der Waals surface area contributed by atoms with Gasteiger partial charge in [-0.25, -0.2) is 0 Å². The van der Waals surface area contributed by atoms with E-state index in [1.54, 1.807) is 6.20 Å². The van der Waals surface area contributed by atoms with E-state index in [1.165, 1.54) is 0 Å². The van der Waals surface area contributed by atoms with E-state index in [2.05, 4.69) is 4.98 Å². The van der Waals surface area contributed by atoms with Crippen LogP contribution in [0.1, 0.15) is 16.8 Å². The third kappa shape index (κ3) is 1.04. The van der Waals surface area contributed by atoms with E-state index < -0.39 is 5.50 Å². The lowest BCUT2D eigenvalue weighted by atomic mass is 10.1. The summed E-state index contributed by atoms with van der Waals surface area (Å²) in [6.07, 6.45) is 2.50. The number of hydrogen-bond acceptors (Lipinski definition) is 1. The molecule has 0 aliphatic carbocycles. The molecule has 4 heteroatoms. The molecule has 1 atom stereocenters. The predicted molar refractivity (Wildman–Crippen MR) is 40.9 cm³/mol. The Kier molecular flexibility index (Phi) is 1.62. The first-order chi connectivity index (χ1) is 5.29. The highest BCUT2D eigenvalue weighted by Crippen LogP contribution is 2.31. The van der Waals surface area contributed by atoms with Crippen LogP contribution in [0.3, 0.4) is 0 Å². The van der Waals surface area contributed by atoms with Crippen molar-refractivity contribution in [3.8, 4) is 0 Å². The number of H-pyrrole nitrogens is 1. The van der Waals surface area contributed by atoms with E-state index in [-0.39, 0.29) is 0 Å². The zero-order valence-electron chi connectivity index (χ0n) is 5.85. The molecule has 1 aliphatic heterocycles. The molecule has 0 amide bonds. The molecule has 0 bridgehead atoms. The molecule has 0 aromatic carbocycles. The summed E-state index contributed by atoms with van der Waals surface area (Å²) in [6, 6.07) is 1.82. The molecule has 11 heavy (non-hydrogen) atoms. The highest BCUT2D eigenvalue weighted by Gasteiger charge is 2.25. The standard InChI is InChI=1S/C7H8ClFN2/c8-7-5-1-3-10-6(5)2-4-11(7)9/h1,3,7,10H,2,4H2. The maximum atomic E-state index is 12.8. The molecule has 2 rings (SSSR count). The van der Waals surface area contributed by atoms with Gasteiger partial charge in [0, 0.05) is 30.4 Å². The second kappa shape index (κ2) is 2.50. The Hall–Kier alpha value is -0.540. The molecule has 1 unspecified atom stereocenters. The van der Waals surface area contributed by atoms with Gasteiger partial charge in [-0.05, 0) is 6.07 Å². The summed E-state index contributed by atoms with van der Waals surface area (Å²) >= 11 is 5.77. The lowest BCUT2D eigenvalue weighted by molar-refractivity contribution is 0.00254. The van der Waals surface area contributed by atoms with Crippen LogP contribution in [0.5, 0.6) is 0 Å². The topological polar surface area (TPSA) is 19.0 Å². The first kappa shape index (κ1) is 7.13. The van der Waals surface area contributed by atoms with Gasteiger partial charge in [-0.3, -0.25) is 0 Å². The van der Waals surface area contributed by atoms with E-state index in [0.29, 0.717) is 18.1 Å². The summed E-state index contributed by atoms with van der Waals surface area (Å²) in [7, 11) is 0. The minimum atomic E-state index is -0.606. The van der Waals surface area contributed by atoms with Gasteiger partial charge < -0.3 is 4.98 Å². The quantitative estimate of drug-likeness (QED) is 0.362. The van der Waals surface area contributed by atoms with E-state index in [9.17, 15) is 4.48 Å². The van der Waals surface area contributed by atoms with Gasteiger partial charge in [-0.2, -0.15) is 0 Å². The predicted octanol–water partition coefficient (Wildman–Crippen LogP) is 1.99. The molecule has 0 saturated carbocycles. The summed E-state index contributed by atoms with van der Waals surface area (Å²) in [5.41, 5.74) is 1.31. The first-order valence-corrected chi connectivity index (χ1v) is 3.95. The fourth-order valence-corrected chi connectivity index (χ4v) is 1.64. The van der Waals surface area contributed by atoms with Crippen molar-refractivity contribution in [2.45, 2.75) is 11.9 Å². The molecular weight excluding hydrogens is 167 g/mol. The van der Waals surface area contributed by atoms with Gasteiger partial charge in [0.25, 0.3) is 0 Å². The molecule has 2 nitrogen and oxygen atoms in total. The highest BCUT2D eigenvalue weighted by atomic mass is 35.5. The molecule has 1 aliphatic rings. The van der Waals surface area contributed by atoms with Crippen LogP contribution in [0, 0.1) is 0 Å². The van der Waals surface area contributed by atoms with Crippen molar-refractivity contribution in [3.63, 3.8) is 0 Å². The number of aromatic amines is 1. The number of nitrogens with zero attached hydrogens (tertiary/aromatic N) is 1. The molecule has 1 N–H and O–H groups in total. The zero-order valence-corrected chi connectivity index (χ0v) is 6.61. The van der Waals surface area contributed by atoms with Crippen molar-refractivity contribution in [1.29, 1.82) is 0 Å². The number of rotatable bonds is 0. The third-order valence-electron chi connectivity index (χ3n) is 1.95. The van der Waals surface area contributed by atoms with Crippen LogP contribution < -0.4 is 0 Å². The fourth-order valence-electron chi connectivity index (χ4n) is 1.34. The molecule has 0 spiro atoms. The van der Waals surface area contributed by atoms with Crippen molar-refractivity contribution in [1.82, 2.24) is 10.1 Å². The van der Waals surface area contributed by atoms with Gasteiger partial charge in [0.2, 0.25) is 0 Å². The number of hydrogen-bond donors (Lipinski definition) is 1. The zero-order chi connectivity index (χ0) is 7.84. The van der Waals surface area contributed by atoms with Gasteiger partial charge in [0.05, 0.1) is 0 Å². The van der Waals surface area contributed by atoms with Crippen LogP contribution in [-0.4, -0.2) is 16.7 Å². The summed E-state index contributed by atoms with van der Waals surface area (Å²) in [5.74, 6) is 0. The molecule has 1 aromatic rings. The lowest BCUT2D eigenvalue weighted by Crippen LogP contribution is -2.25. The Morgan fingerprint density at radius 1 is 1.73 bits per heavy atom. The van der Waals surface area contributed by atoms with Crippen LogP contribution >= 0.6 is 11.6 Å². The van der Waals surface area contributed by atoms with Crippen LogP contribution in [0.25, 0.3) is 0 Å². The van der Waals surface area contributed by atoms with E-state index in [1.807, 2.05) is 6.07 Å². The van der Waals surface area contributed by atoms with Gasteiger partial charge in [-0.1, -0.05) is 11.6 Å². The molecule has 2 heterocycles. The van der Waals surface area contributed by atoms with E-state index in [0.717, 1.165) is 11.3 Å². The Morgan fingerprint density at radius 3 is 3.36 bits per heavy atom. The Balaban J connectivity index is 2.38. The summed E-state index contributed by atoms with van der Waals surface area (Å²) in [5, 5.41) is 0.651. The number of fused-ring (bicyclic) bond motifs is 1. The number of aromatic nitrogens is 1. The van der Waals surface area contributed by atoms with Crippen LogP contribution in [-0.2, 0) is 6.42 Å². The first-order valence-electron chi connectivity index (χ1n) is 3.51.